The Bertz CT molecular complexity index is 439. The molecule has 1 aliphatic heterocycles. The first-order valence-corrected chi connectivity index (χ1v) is 6.92. The molecule has 2 rings (SSSR count). The molecule has 1 unspecified atom stereocenters. The monoisotopic (exact) mass is 250 g/mol. The summed E-state index contributed by atoms with van der Waals surface area (Å²) in [6.45, 7) is 4.01. The van der Waals surface area contributed by atoms with Crippen LogP contribution in [0.3, 0.4) is 0 Å². The smallest absolute Gasteiger partial charge is 0.237 e. The van der Waals surface area contributed by atoms with E-state index in [1.807, 2.05) is 26.0 Å². The van der Waals surface area contributed by atoms with E-state index >= 15 is 0 Å². The van der Waals surface area contributed by atoms with E-state index in [4.69, 9.17) is 5.73 Å². The summed E-state index contributed by atoms with van der Waals surface area (Å²) >= 11 is 1.73. The summed E-state index contributed by atoms with van der Waals surface area (Å²) in [5, 5.41) is 3.07. The molecule has 1 fully saturated rings. The van der Waals surface area contributed by atoms with Crippen molar-refractivity contribution in [2.45, 2.75) is 31.9 Å². The molecule has 0 radical (unpaired) electrons. The summed E-state index contributed by atoms with van der Waals surface area (Å²) in [4.78, 5) is 12.0. The molecule has 0 aromatic heterocycles. The molecule has 1 saturated heterocycles. The number of hydrogen-bond acceptors (Lipinski definition) is 3. The molecular formula is C13H18N2OS. The van der Waals surface area contributed by atoms with Gasteiger partial charge in [-0.05, 0) is 49.6 Å². The Morgan fingerprint density at radius 3 is 2.88 bits per heavy atom. The lowest BCUT2D eigenvalue weighted by Gasteiger charge is -2.15. The SMILES string of the molecule is Cc1ccc(N)c(NC(=O)C2CCCS2)c1C. The Labute approximate surface area is 106 Å². The number of anilines is 2. The van der Waals surface area contributed by atoms with Crippen LogP contribution in [0.5, 0.6) is 0 Å². The van der Waals surface area contributed by atoms with Crippen molar-refractivity contribution in [3.63, 3.8) is 0 Å². The molecule has 3 nitrogen and oxygen atoms in total. The second kappa shape index (κ2) is 5.00. The summed E-state index contributed by atoms with van der Waals surface area (Å²) in [5.74, 6) is 1.17. The molecule has 92 valence electrons. The number of rotatable bonds is 2. The van der Waals surface area contributed by atoms with Crippen molar-refractivity contribution in [2.24, 2.45) is 0 Å². The van der Waals surface area contributed by atoms with Crippen molar-refractivity contribution < 1.29 is 4.79 Å². The third-order valence-electron chi connectivity index (χ3n) is 3.24. The van der Waals surface area contributed by atoms with Gasteiger partial charge in [0.1, 0.15) is 0 Å². The van der Waals surface area contributed by atoms with Gasteiger partial charge in [-0.25, -0.2) is 0 Å². The molecule has 3 N–H and O–H groups in total. The number of hydrogen-bond donors (Lipinski definition) is 2. The minimum absolute atomic E-state index is 0.0906. The zero-order valence-corrected chi connectivity index (χ0v) is 11.1. The molecule has 1 aliphatic rings. The highest BCUT2D eigenvalue weighted by atomic mass is 32.2. The first-order chi connectivity index (χ1) is 8.09. The number of amides is 1. The number of nitrogen functional groups attached to an aromatic ring is 1. The van der Waals surface area contributed by atoms with Gasteiger partial charge in [-0.1, -0.05) is 6.07 Å². The molecule has 1 atom stereocenters. The lowest BCUT2D eigenvalue weighted by atomic mass is 10.1. The standard InChI is InChI=1S/C13H18N2OS/c1-8-5-6-10(14)12(9(8)2)15-13(16)11-4-3-7-17-11/h5-6,11H,3-4,7,14H2,1-2H3,(H,15,16). The third kappa shape index (κ3) is 2.57. The molecule has 0 bridgehead atoms. The van der Waals surface area contributed by atoms with Gasteiger partial charge in [0.15, 0.2) is 0 Å². The number of nitrogens with two attached hydrogens (primary N) is 1. The van der Waals surface area contributed by atoms with Gasteiger partial charge in [0, 0.05) is 0 Å². The van der Waals surface area contributed by atoms with E-state index in [9.17, 15) is 4.79 Å². The van der Waals surface area contributed by atoms with Crippen molar-refractivity contribution >= 4 is 29.0 Å². The van der Waals surface area contributed by atoms with E-state index < -0.39 is 0 Å². The number of aryl methyl sites for hydroxylation is 1. The van der Waals surface area contributed by atoms with Crippen LogP contribution in [0.25, 0.3) is 0 Å². The maximum absolute atomic E-state index is 12.0. The highest BCUT2D eigenvalue weighted by Gasteiger charge is 2.24. The van der Waals surface area contributed by atoms with Crippen LogP contribution in [0.1, 0.15) is 24.0 Å². The molecule has 1 amide bonds. The van der Waals surface area contributed by atoms with Crippen LogP contribution in [-0.4, -0.2) is 16.9 Å². The van der Waals surface area contributed by atoms with Crippen molar-refractivity contribution in [2.75, 3.05) is 16.8 Å². The molecule has 0 spiro atoms. The summed E-state index contributed by atoms with van der Waals surface area (Å²) < 4.78 is 0. The van der Waals surface area contributed by atoms with Crippen LogP contribution < -0.4 is 11.1 Å². The number of thioether (sulfide) groups is 1. The molecular weight excluding hydrogens is 232 g/mol. The maximum Gasteiger partial charge on any atom is 0.237 e. The Morgan fingerprint density at radius 2 is 2.24 bits per heavy atom. The fourth-order valence-corrected chi connectivity index (χ4v) is 3.15. The second-order valence-electron chi connectivity index (χ2n) is 4.46. The van der Waals surface area contributed by atoms with E-state index in [2.05, 4.69) is 5.32 Å². The van der Waals surface area contributed by atoms with Gasteiger partial charge in [-0.2, -0.15) is 0 Å². The predicted octanol–water partition coefficient (Wildman–Crippen LogP) is 2.72. The normalized spacial score (nSPS) is 19.3. The van der Waals surface area contributed by atoms with Crippen molar-refractivity contribution in [3.05, 3.63) is 23.3 Å². The molecule has 0 aliphatic carbocycles. The summed E-state index contributed by atoms with van der Waals surface area (Å²) in [7, 11) is 0. The number of benzene rings is 1. The van der Waals surface area contributed by atoms with Crippen molar-refractivity contribution in [3.8, 4) is 0 Å². The van der Waals surface area contributed by atoms with Gasteiger partial charge in [0.05, 0.1) is 16.6 Å². The average molecular weight is 250 g/mol. The minimum Gasteiger partial charge on any atom is -0.397 e. The lowest BCUT2D eigenvalue weighted by Crippen LogP contribution is -2.24. The number of carbonyl (C=O) groups excluding carboxylic acids is 1. The van der Waals surface area contributed by atoms with E-state index in [-0.39, 0.29) is 11.2 Å². The predicted molar refractivity (Wildman–Crippen MR) is 74.4 cm³/mol. The minimum atomic E-state index is 0.0906. The van der Waals surface area contributed by atoms with Crippen molar-refractivity contribution in [1.82, 2.24) is 0 Å². The first kappa shape index (κ1) is 12.3. The quantitative estimate of drug-likeness (QED) is 0.793. The van der Waals surface area contributed by atoms with Crippen LogP contribution in [0.4, 0.5) is 11.4 Å². The summed E-state index contributed by atoms with van der Waals surface area (Å²) in [6, 6.07) is 3.82. The Hall–Kier alpha value is -1.16. The number of carbonyl (C=O) groups is 1. The largest absolute Gasteiger partial charge is 0.397 e. The van der Waals surface area contributed by atoms with E-state index in [1.54, 1.807) is 11.8 Å². The highest BCUT2D eigenvalue weighted by Crippen LogP contribution is 2.30. The Kier molecular flexibility index (Phi) is 3.62. The van der Waals surface area contributed by atoms with E-state index in [0.29, 0.717) is 5.69 Å². The highest BCUT2D eigenvalue weighted by molar-refractivity contribution is 8.00. The van der Waals surface area contributed by atoms with Gasteiger partial charge >= 0.3 is 0 Å². The fourth-order valence-electron chi connectivity index (χ4n) is 1.99. The van der Waals surface area contributed by atoms with Gasteiger partial charge in [0.25, 0.3) is 0 Å². The Morgan fingerprint density at radius 1 is 1.47 bits per heavy atom. The van der Waals surface area contributed by atoms with Gasteiger partial charge in [0.2, 0.25) is 5.91 Å². The third-order valence-corrected chi connectivity index (χ3v) is 4.61. The molecule has 1 aromatic rings. The topological polar surface area (TPSA) is 55.1 Å². The summed E-state index contributed by atoms with van der Waals surface area (Å²) in [5.41, 5.74) is 9.54. The van der Waals surface area contributed by atoms with Gasteiger partial charge in [-0.15, -0.1) is 11.8 Å². The lowest BCUT2D eigenvalue weighted by molar-refractivity contribution is -0.115. The van der Waals surface area contributed by atoms with E-state index in [1.165, 1.54) is 0 Å². The van der Waals surface area contributed by atoms with E-state index in [0.717, 1.165) is 35.4 Å². The van der Waals surface area contributed by atoms with Crippen LogP contribution in [-0.2, 0) is 4.79 Å². The number of nitrogens with one attached hydrogen (secondary N) is 1. The van der Waals surface area contributed by atoms with Crippen LogP contribution in [0.2, 0.25) is 0 Å². The zero-order valence-electron chi connectivity index (χ0n) is 10.2. The molecule has 17 heavy (non-hydrogen) atoms. The molecule has 4 heteroatoms. The fraction of sp³-hybridized carbons (Fsp3) is 0.462. The maximum atomic E-state index is 12.0. The van der Waals surface area contributed by atoms with Crippen LogP contribution >= 0.6 is 11.8 Å². The average Bonchev–Trinajstić information content (AvgIpc) is 2.83. The first-order valence-electron chi connectivity index (χ1n) is 5.87. The van der Waals surface area contributed by atoms with Gasteiger partial charge < -0.3 is 11.1 Å². The van der Waals surface area contributed by atoms with Gasteiger partial charge in [-0.3, -0.25) is 4.79 Å². The van der Waals surface area contributed by atoms with Crippen molar-refractivity contribution in [1.29, 1.82) is 0 Å². The second-order valence-corrected chi connectivity index (χ2v) is 5.77. The van der Waals surface area contributed by atoms with Crippen LogP contribution in [0, 0.1) is 13.8 Å². The molecule has 1 heterocycles. The Balaban J connectivity index is 2.17. The molecule has 1 aromatic carbocycles. The van der Waals surface area contributed by atoms with Crippen LogP contribution in [0.15, 0.2) is 12.1 Å². The zero-order chi connectivity index (χ0) is 12.4. The molecule has 0 saturated carbocycles. The summed E-state index contributed by atoms with van der Waals surface area (Å²) in [6.07, 6.45) is 2.10.